The van der Waals surface area contributed by atoms with Gasteiger partial charge in [-0.3, -0.25) is 4.90 Å². The van der Waals surface area contributed by atoms with E-state index in [0.29, 0.717) is 12.2 Å². The van der Waals surface area contributed by atoms with Crippen molar-refractivity contribution in [1.29, 1.82) is 0 Å². The Balaban J connectivity index is 1.64. The first kappa shape index (κ1) is 17.8. The third-order valence-electron chi connectivity index (χ3n) is 4.22. The van der Waals surface area contributed by atoms with Gasteiger partial charge in [-0.2, -0.15) is 0 Å². The molecule has 6 nitrogen and oxygen atoms in total. The first-order chi connectivity index (χ1) is 12.7. The zero-order chi connectivity index (χ0) is 18.4. The molecule has 1 fully saturated rings. The van der Waals surface area contributed by atoms with Gasteiger partial charge in [-0.05, 0) is 17.7 Å². The SMILES string of the molecule is COC(=O)[C@@H]1CC(Oc2ccccc2)CN1C(=O)OCc1ccccc1. The van der Waals surface area contributed by atoms with Crippen LogP contribution in [0.15, 0.2) is 60.7 Å². The highest BCUT2D eigenvalue weighted by Gasteiger charge is 2.42. The Kier molecular flexibility index (Phi) is 5.73. The third-order valence-corrected chi connectivity index (χ3v) is 4.22. The smallest absolute Gasteiger partial charge is 0.410 e. The maximum atomic E-state index is 12.5. The normalized spacial score (nSPS) is 19.0. The van der Waals surface area contributed by atoms with Crippen LogP contribution >= 0.6 is 0 Å². The summed E-state index contributed by atoms with van der Waals surface area (Å²) in [7, 11) is 1.31. The fraction of sp³-hybridized carbons (Fsp3) is 0.300. The highest BCUT2D eigenvalue weighted by molar-refractivity contribution is 5.82. The maximum absolute atomic E-state index is 12.5. The van der Waals surface area contributed by atoms with E-state index in [1.54, 1.807) is 0 Å². The number of carbonyl (C=O) groups excluding carboxylic acids is 2. The van der Waals surface area contributed by atoms with Gasteiger partial charge in [0.25, 0.3) is 0 Å². The Bertz CT molecular complexity index is 734. The van der Waals surface area contributed by atoms with Gasteiger partial charge in [0.05, 0.1) is 13.7 Å². The number of amides is 1. The minimum atomic E-state index is -0.711. The van der Waals surface area contributed by atoms with Crippen LogP contribution in [0.3, 0.4) is 0 Å². The lowest BCUT2D eigenvalue weighted by Crippen LogP contribution is -2.41. The fourth-order valence-corrected chi connectivity index (χ4v) is 2.94. The molecule has 0 aromatic heterocycles. The van der Waals surface area contributed by atoms with E-state index in [0.717, 1.165) is 5.56 Å². The summed E-state index contributed by atoms with van der Waals surface area (Å²) in [5.41, 5.74) is 0.881. The number of esters is 1. The van der Waals surface area contributed by atoms with Crippen molar-refractivity contribution < 1.29 is 23.8 Å². The number of nitrogens with zero attached hydrogens (tertiary/aromatic N) is 1. The predicted molar refractivity (Wildman–Crippen MR) is 94.6 cm³/mol. The topological polar surface area (TPSA) is 65.1 Å². The van der Waals surface area contributed by atoms with E-state index >= 15 is 0 Å². The summed E-state index contributed by atoms with van der Waals surface area (Å²) in [5, 5.41) is 0. The summed E-state index contributed by atoms with van der Waals surface area (Å²) in [6, 6.07) is 18.0. The van der Waals surface area contributed by atoms with E-state index < -0.39 is 18.1 Å². The van der Waals surface area contributed by atoms with Crippen LogP contribution in [-0.4, -0.2) is 42.8 Å². The standard InChI is InChI=1S/C20H21NO5/c1-24-19(22)18-12-17(26-16-10-6-3-7-11-16)13-21(18)20(23)25-14-15-8-4-2-5-9-15/h2-11,17-18H,12-14H2,1H3/t17?,18-/m0/s1. The summed E-state index contributed by atoms with van der Waals surface area (Å²) in [6.07, 6.45) is -0.490. The zero-order valence-electron chi connectivity index (χ0n) is 14.5. The van der Waals surface area contributed by atoms with Crippen molar-refractivity contribution in [3.63, 3.8) is 0 Å². The Hall–Kier alpha value is -3.02. The molecule has 2 aromatic carbocycles. The number of ether oxygens (including phenoxy) is 3. The summed E-state index contributed by atoms with van der Waals surface area (Å²) in [4.78, 5) is 25.9. The second-order valence-corrected chi connectivity index (χ2v) is 6.02. The molecule has 0 aliphatic carbocycles. The van der Waals surface area contributed by atoms with Gasteiger partial charge in [-0.15, -0.1) is 0 Å². The number of hydrogen-bond donors (Lipinski definition) is 0. The summed E-state index contributed by atoms with van der Waals surface area (Å²) >= 11 is 0. The first-order valence-electron chi connectivity index (χ1n) is 8.44. The molecule has 1 unspecified atom stereocenters. The van der Waals surface area contributed by atoms with Gasteiger partial charge in [0.1, 0.15) is 24.5 Å². The number of likely N-dealkylation sites (tertiary alicyclic amines) is 1. The molecule has 1 aliphatic rings. The lowest BCUT2D eigenvalue weighted by molar-refractivity contribution is -0.145. The zero-order valence-corrected chi connectivity index (χ0v) is 14.5. The quantitative estimate of drug-likeness (QED) is 0.772. The van der Waals surface area contributed by atoms with Crippen LogP contribution < -0.4 is 4.74 Å². The molecule has 1 heterocycles. The van der Waals surface area contributed by atoms with Crippen molar-refractivity contribution in [2.45, 2.75) is 25.2 Å². The van der Waals surface area contributed by atoms with Crippen LogP contribution in [0.4, 0.5) is 4.79 Å². The molecular formula is C20H21NO5. The van der Waals surface area contributed by atoms with Crippen LogP contribution in [0.5, 0.6) is 5.75 Å². The van der Waals surface area contributed by atoms with Gasteiger partial charge in [-0.25, -0.2) is 9.59 Å². The van der Waals surface area contributed by atoms with E-state index in [-0.39, 0.29) is 19.3 Å². The lowest BCUT2D eigenvalue weighted by Gasteiger charge is -2.21. The molecule has 136 valence electrons. The van der Waals surface area contributed by atoms with Gasteiger partial charge in [0, 0.05) is 6.42 Å². The van der Waals surface area contributed by atoms with Crippen LogP contribution in [0.25, 0.3) is 0 Å². The van der Waals surface area contributed by atoms with Crippen LogP contribution in [-0.2, 0) is 20.9 Å². The van der Waals surface area contributed by atoms with Gasteiger partial charge >= 0.3 is 12.1 Å². The molecule has 2 aromatic rings. The Morgan fingerprint density at radius 3 is 2.35 bits per heavy atom. The molecule has 2 atom stereocenters. The van der Waals surface area contributed by atoms with Crippen molar-refractivity contribution in [3.8, 4) is 5.75 Å². The molecule has 1 amide bonds. The Morgan fingerprint density at radius 2 is 1.69 bits per heavy atom. The maximum Gasteiger partial charge on any atom is 0.410 e. The largest absolute Gasteiger partial charge is 0.488 e. The predicted octanol–water partition coefficient (Wildman–Crippen LogP) is 3.02. The molecule has 0 bridgehead atoms. The second-order valence-electron chi connectivity index (χ2n) is 6.02. The molecule has 3 rings (SSSR count). The summed E-state index contributed by atoms with van der Waals surface area (Å²) < 4.78 is 16.1. The lowest BCUT2D eigenvalue weighted by atomic mass is 10.2. The number of para-hydroxylation sites is 1. The number of carbonyl (C=O) groups is 2. The second kappa shape index (κ2) is 8.38. The summed E-state index contributed by atoms with van der Waals surface area (Å²) in [5.74, 6) is 0.224. The fourth-order valence-electron chi connectivity index (χ4n) is 2.94. The van der Waals surface area contributed by atoms with E-state index in [1.807, 2.05) is 60.7 Å². The van der Waals surface area contributed by atoms with Crippen molar-refractivity contribution in [1.82, 2.24) is 4.90 Å². The Morgan fingerprint density at radius 1 is 1.04 bits per heavy atom. The van der Waals surface area contributed by atoms with E-state index in [4.69, 9.17) is 14.2 Å². The monoisotopic (exact) mass is 355 g/mol. The summed E-state index contributed by atoms with van der Waals surface area (Å²) in [6.45, 7) is 0.413. The number of benzene rings is 2. The number of hydrogen-bond acceptors (Lipinski definition) is 5. The van der Waals surface area contributed by atoms with Crippen LogP contribution in [0.1, 0.15) is 12.0 Å². The highest BCUT2D eigenvalue weighted by atomic mass is 16.6. The van der Waals surface area contributed by atoms with E-state index in [9.17, 15) is 9.59 Å². The molecule has 1 saturated heterocycles. The molecular weight excluding hydrogens is 334 g/mol. The molecule has 0 spiro atoms. The minimum Gasteiger partial charge on any atom is -0.488 e. The Labute approximate surface area is 152 Å². The molecule has 26 heavy (non-hydrogen) atoms. The third kappa shape index (κ3) is 4.33. The average molecular weight is 355 g/mol. The van der Waals surface area contributed by atoms with Crippen LogP contribution in [0.2, 0.25) is 0 Å². The van der Waals surface area contributed by atoms with Gasteiger partial charge in [0.2, 0.25) is 0 Å². The first-order valence-corrected chi connectivity index (χ1v) is 8.44. The average Bonchev–Trinajstić information content (AvgIpc) is 3.11. The van der Waals surface area contributed by atoms with E-state index in [1.165, 1.54) is 12.0 Å². The molecule has 6 heteroatoms. The van der Waals surface area contributed by atoms with E-state index in [2.05, 4.69) is 0 Å². The number of methoxy groups -OCH3 is 1. The molecule has 0 N–H and O–H groups in total. The van der Waals surface area contributed by atoms with Crippen molar-refractivity contribution in [2.75, 3.05) is 13.7 Å². The molecule has 0 radical (unpaired) electrons. The van der Waals surface area contributed by atoms with Crippen molar-refractivity contribution in [3.05, 3.63) is 66.2 Å². The molecule has 1 aliphatic heterocycles. The number of rotatable bonds is 5. The van der Waals surface area contributed by atoms with Gasteiger partial charge in [0.15, 0.2) is 0 Å². The van der Waals surface area contributed by atoms with Crippen LogP contribution in [0, 0.1) is 0 Å². The van der Waals surface area contributed by atoms with Crippen molar-refractivity contribution >= 4 is 12.1 Å². The minimum absolute atomic E-state index is 0.147. The molecule has 0 saturated carbocycles. The van der Waals surface area contributed by atoms with Gasteiger partial charge in [-0.1, -0.05) is 48.5 Å². The van der Waals surface area contributed by atoms with Gasteiger partial charge < -0.3 is 14.2 Å². The van der Waals surface area contributed by atoms with Crippen molar-refractivity contribution in [2.24, 2.45) is 0 Å². The highest BCUT2D eigenvalue weighted by Crippen LogP contribution is 2.24.